The van der Waals surface area contributed by atoms with Gasteiger partial charge in [-0.15, -0.1) is 0 Å². The molecule has 0 bridgehead atoms. The Balaban J connectivity index is 3.02. The van der Waals surface area contributed by atoms with E-state index in [-0.39, 0.29) is 18.0 Å². The summed E-state index contributed by atoms with van der Waals surface area (Å²) < 4.78 is 6.06. The van der Waals surface area contributed by atoms with Crippen molar-refractivity contribution in [2.24, 2.45) is 7.05 Å². The van der Waals surface area contributed by atoms with Crippen LogP contribution in [0.4, 0.5) is 0 Å². The Hall–Kier alpha value is -1.85. The molecule has 0 aliphatic rings. The fraction of sp³-hybridized carbons (Fsp3) is 0.500. The number of carboxylic acid groups (broad SMARTS) is 1. The molecule has 0 radical (unpaired) electrons. The molecule has 1 aromatic rings. The van der Waals surface area contributed by atoms with Crippen molar-refractivity contribution in [2.75, 3.05) is 7.11 Å². The van der Waals surface area contributed by atoms with Gasteiger partial charge in [-0.2, -0.15) is 5.10 Å². The van der Waals surface area contributed by atoms with Crippen molar-refractivity contribution >= 4 is 11.9 Å². The molecular weight excluding hydrogens is 212 g/mol. The van der Waals surface area contributed by atoms with Gasteiger partial charge in [-0.25, -0.2) is 4.79 Å². The summed E-state index contributed by atoms with van der Waals surface area (Å²) in [6, 6.07) is 0. The van der Waals surface area contributed by atoms with E-state index in [1.165, 1.54) is 11.8 Å². The molecule has 0 amide bonds. The van der Waals surface area contributed by atoms with E-state index in [0.29, 0.717) is 5.56 Å². The van der Waals surface area contributed by atoms with E-state index in [0.717, 1.165) is 0 Å². The van der Waals surface area contributed by atoms with Crippen LogP contribution >= 0.6 is 0 Å². The molecular formula is C10H14N2O4. The highest BCUT2D eigenvalue weighted by molar-refractivity contribution is 5.89. The lowest BCUT2D eigenvalue weighted by molar-refractivity contribution is -0.137. The van der Waals surface area contributed by atoms with E-state index >= 15 is 0 Å². The number of hydrogen-bond acceptors (Lipinski definition) is 4. The minimum absolute atomic E-state index is 0.0459. The second kappa shape index (κ2) is 4.78. The van der Waals surface area contributed by atoms with Gasteiger partial charge in [0.25, 0.3) is 0 Å². The van der Waals surface area contributed by atoms with Gasteiger partial charge >= 0.3 is 11.9 Å². The molecule has 0 saturated carbocycles. The first-order valence-corrected chi connectivity index (χ1v) is 4.79. The minimum Gasteiger partial charge on any atom is -0.481 e. The number of carboxylic acids is 1. The highest BCUT2D eigenvalue weighted by Crippen LogP contribution is 2.22. The maximum atomic E-state index is 11.4. The summed E-state index contributed by atoms with van der Waals surface area (Å²) >= 11 is 0. The van der Waals surface area contributed by atoms with Crippen LogP contribution in [0, 0.1) is 0 Å². The highest BCUT2D eigenvalue weighted by atomic mass is 16.5. The van der Waals surface area contributed by atoms with E-state index in [9.17, 15) is 9.59 Å². The second-order valence-electron chi connectivity index (χ2n) is 3.60. The number of nitrogens with zero attached hydrogens (tertiary/aromatic N) is 2. The van der Waals surface area contributed by atoms with E-state index < -0.39 is 11.9 Å². The van der Waals surface area contributed by atoms with Crippen LogP contribution in [0.1, 0.15) is 35.3 Å². The molecule has 1 heterocycles. The molecule has 1 rings (SSSR count). The maximum absolute atomic E-state index is 11.4. The van der Waals surface area contributed by atoms with Gasteiger partial charge in [-0.1, -0.05) is 6.92 Å². The molecule has 0 fully saturated rings. The topological polar surface area (TPSA) is 81.4 Å². The molecule has 6 nitrogen and oxygen atoms in total. The zero-order chi connectivity index (χ0) is 12.3. The molecule has 1 aromatic heterocycles. The Bertz CT molecular complexity index is 411. The predicted molar refractivity (Wildman–Crippen MR) is 55.2 cm³/mol. The van der Waals surface area contributed by atoms with Crippen LogP contribution in [0.15, 0.2) is 6.20 Å². The number of rotatable bonds is 4. The Labute approximate surface area is 92.8 Å². The van der Waals surface area contributed by atoms with Crippen molar-refractivity contribution in [2.45, 2.75) is 19.3 Å². The summed E-state index contributed by atoms with van der Waals surface area (Å²) in [4.78, 5) is 22.0. The number of hydrogen-bond donors (Lipinski definition) is 1. The lowest BCUT2D eigenvalue weighted by Crippen LogP contribution is -2.09. The Morgan fingerprint density at radius 1 is 1.62 bits per heavy atom. The SMILES string of the molecule is COC(=O)c1nn(C)cc1C(C)CC(=O)O. The number of carbonyl (C=O) groups is 2. The molecule has 0 aliphatic carbocycles. The summed E-state index contributed by atoms with van der Waals surface area (Å²) in [5, 5.41) is 12.7. The summed E-state index contributed by atoms with van der Waals surface area (Å²) in [6.45, 7) is 1.73. The fourth-order valence-corrected chi connectivity index (χ4v) is 1.49. The van der Waals surface area contributed by atoms with Gasteiger partial charge in [-0.05, 0) is 5.92 Å². The molecule has 16 heavy (non-hydrogen) atoms. The van der Waals surface area contributed by atoms with Crippen LogP contribution in [0.5, 0.6) is 0 Å². The third-order valence-corrected chi connectivity index (χ3v) is 2.25. The Morgan fingerprint density at radius 2 is 2.25 bits per heavy atom. The van der Waals surface area contributed by atoms with Gasteiger partial charge in [0.15, 0.2) is 5.69 Å². The smallest absolute Gasteiger partial charge is 0.358 e. The quantitative estimate of drug-likeness (QED) is 0.767. The number of aromatic nitrogens is 2. The summed E-state index contributed by atoms with van der Waals surface area (Å²) in [5.74, 6) is -1.74. The number of aryl methyl sites for hydroxylation is 1. The molecule has 1 atom stereocenters. The lowest BCUT2D eigenvalue weighted by Gasteiger charge is -2.07. The van der Waals surface area contributed by atoms with E-state index in [1.54, 1.807) is 20.2 Å². The first-order valence-electron chi connectivity index (χ1n) is 4.79. The zero-order valence-electron chi connectivity index (χ0n) is 9.43. The summed E-state index contributed by atoms with van der Waals surface area (Å²) in [6.07, 6.45) is 1.59. The second-order valence-corrected chi connectivity index (χ2v) is 3.60. The first-order chi connectivity index (χ1) is 7.45. The number of esters is 1. The van der Waals surface area contributed by atoms with Crippen LogP contribution < -0.4 is 0 Å². The highest BCUT2D eigenvalue weighted by Gasteiger charge is 2.22. The van der Waals surface area contributed by atoms with Crippen molar-refractivity contribution in [3.63, 3.8) is 0 Å². The van der Waals surface area contributed by atoms with Gasteiger partial charge in [-0.3, -0.25) is 9.48 Å². The van der Waals surface area contributed by atoms with Gasteiger partial charge in [0, 0.05) is 18.8 Å². The fourth-order valence-electron chi connectivity index (χ4n) is 1.49. The average molecular weight is 226 g/mol. The number of ether oxygens (including phenoxy) is 1. The number of methoxy groups -OCH3 is 1. The van der Waals surface area contributed by atoms with Crippen molar-refractivity contribution in [3.8, 4) is 0 Å². The third-order valence-electron chi connectivity index (χ3n) is 2.25. The van der Waals surface area contributed by atoms with Crippen LogP contribution in [0.3, 0.4) is 0 Å². The Morgan fingerprint density at radius 3 is 2.75 bits per heavy atom. The van der Waals surface area contributed by atoms with Gasteiger partial charge < -0.3 is 9.84 Å². The molecule has 0 aromatic carbocycles. The van der Waals surface area contributed by atoms with Crippen LogP contribution in [0.25, 0.3) is 0 Å². The zero-order valence-corrected chi connectivity index (χ0v) is 9.43. The molecule has 88 valence electrons. The van der Waals surface area contributed by atoms with Crippen molar-refractivity contribution in [3.05, 3.63) is 17.5 Å². The summed E-state index contributed by atoms with van der Waals surface area (Å²) in [7, 11) is 2.94. The maximum Gasteiger partial charge on any atom is 0.358 e. The average Bonchev–Trinajstić information content (AvgIpc) is 2.58. The number of aliphatic carboxylic acids is 1. The van der Waals surface area contributed by atoms with Crippen molar-refractivity contribution < 1.29 is 19.4 Å². The van der Waals surface area contributed by atoms with Gasteiger partial charge in [0.05, 0.1) is 13.5 Å². The molecule has 0 saturated heterocycles. The number of carbonyl (C=O) groups excluding carboxylic acids is 1. The largest absolute Gasteiger partial charge is 0.481 e. The third kappa shape index (κ3) is 2.59. The molecule has 0 spiro atoms. The molecule has 0 aliphatic heterocycles. The first kappa shape index (κ1) is 12.2. The van der Waals surface area contributed by atoms with E-state index in [2.05, 4.69) is 9.84 Å². The summed E-state index contributed by atoms with van der Waals surface area (Å²) in [5.41, 5.74) is 0.774. The molecule has 1 N–H and O–H groups in total. The predicted octanol–water partition coefficient (Wildman–Crippen LogP) is 0.785. The Kier molecular flexibility index (Phi) is 3.65. The van der Waals surface area contributed by atoms with E-state index in [4.69, 9.17) is 5.11 Å². The van der Waals surface area contributed by atoms with Gasteiger partial charge in [0.2, 0.25) is 0 Å². The minimum atomic E-state index is -0.910. The van der Waals surface area contributed by atoms with Crippen LogP contribution in [0.2, 0.25) is 0 Å². The molecule has 1 unspecified atom stereocenters. The van der Waals surface area contributed by atoms with Crippen molar-refractivity contribution in [1.82, 2.24) is 9.78 Å². The van der Waals surface area contributed by atoms with Crippen molar-refractivity contribution in [1.29, 1.82) is 0 Å². The van der Waals surface area contributed by atoms with Crippen LogP contribution in [-0.2, 0) is 16.6 Å². The normalized spacial score (nSPS) is 12.2. The van der Waals surface area contributed by atoms with Gasteiger partial charge in [0.1, 0.15) is 0 Å². The standard InChI is InChI=1S/C10H14N2O4/c1-6(4-8(13)14)7-5-12(2)11-9(7)10(15)16-3/h5-6H,4H2,1-3H3,(H,13,14). The lowest BCUT2D eigenvalue weighted by atomic mass is 9.98. The van der Waals surface area contributed by atoms with Crippen LogP contribution in [-0.4, -0.2) is 33.9 Å². The van der Waals surface area contributed by atoms with E-state index in [1.807, 2.05) is 0 Å². The monoisotopic (exact) mass is 226 g/mol. The molecule has 6 heteroatoms.